The second-order valence-electron chi connectivity index (χ2n) is 6.29. The highest BCUT2D eigenvalue weighted by Gasteiger charge is 2.15. The van der Waals surface area contributed by atoms with Crippen LogP contribution >= 0.6 is 0 Å². The molecule has 3 aromatic carbocycles. The Bertz CT molecular complexity index is 1110. The van der Waals surface area contributed by atoms with Gasteiger partial charge in [0.25, 0.3) is 0 Å². The van der Waals surface area contributed by atoms with Crippen LogP contribution in [0.2, 0.25) is 0 Å². The highest BCUT2D eigenvalue weighted by atomic mass is 16.5. The van der Waals surface area contributed by atoms with E-state index in [1.54, 1.807) is 24.5 Å². The van der Waals surface area contributed by atoms with Gasteiger partial charge >= 0.3 is 0 Å². The predicted molar refractivity (Wildman–Crippen MR) is 105 cm³/mol. The van der Waals surface area contributed by atoms with E-state index in [0.29, 0.717) is 29.0 Å². The largest absolute Gasteiger partial charge is 0.489 e. The molecule has 0 aliphatic rings. The van der Waals surface area contributed by atoms with E-state index in [4.69, 9.17) is 4.74 Å². The van der Waals surface area contributed by atoms with Crippen molar-refractivity contribution in [3.8, 4) is 5.75 Å². The quantitative estimate of drug-likeness (QED) is 0.485. The Morgan fingerprint density at radius 3 is 2.48 bits per heavy atom. The van der Waals surface area contributed by atoms with Crippen molar-refractivity contribution in [1.82, 2.24) is 9.97 Å². The maximum Gasteiger partial charge on any atom is 0.193 e. The third kappa shape index (κ3) is 3.55. The van der Waals surface area contributed by atoms with Crippen LogP contribution in [0.25, 0.3) is 11.0 Å². The zero-order valence-electron chi connectivity index (χ0n) is 14.9. The number of rotatable bonds is 5. The van der Waals surface area contributed by atoms with Crippen LogP contribution in [0.1, 0.15) is 27.0 Å². The van der Waals surface area contributed by atoms with Crippen molar-refractivity contribution >= 4 is 16.8 Å². The van der Waals surface area contributed by atoms with E-state index < -0.39 is 0 Å². The lowest BCUT2D eigenvalue weighted by Gasteiger charge is -2.12. The van der Waals surface area contributed by atoms with Crippen molar-refractivity contribution in [3.63, 3.8) is 0 Å². The molecule has 0 aliphatic heterocycles. The molecule has 1 heterocycles. The number of carbonyl (C=O) groups is 1. The zero-order valence-corrected chi connectivity index (χ0v) is 14.9. The molecule has 0 radical (unpaired) electrons. The van der Waals surface area contributed by atoms with E-state index in [0.717, 1.165) is 16.6 Å². The highest BCUT2D eigenvalue weighted by Crippen LogP contribution is 2.25. The Labute approximate surface area is 157 Å². The van der Waals surface area contributed by atoms with Crippen molar-refractivity contribution in [2.24, 2.45) is 0 Å². The van der Waals surface area contributed by atoms with Crippen LogP contribution in [-0.2, 0) is 6.61 Å². The van der Waals surface area contributed by atoms with Crippen molar-refractivity contribution in [2.45, 2.75) is 13.5 Å². The monoisotopic (exact) mass is 354 g/mol. The first-order valence-electron chi connectivity index (χ1n) is 8.74. The van der Waals surface area contributed by atoms with Crippen LogP contribution in [0.15, 0.2) is 79.1 Å². The van der Waals surface area contributed by atoms with Crippen LogP contribution < -0.4 is 4.74 Å². The molecular weight excluding hydrogens is 336 g/mol. The van der Waals surface area contributed by atoms with Gasteiger partial charge in [0.2, 0.25) is 0 Å². The molecule has 0 spiro atoms. The van der Waals surface area contributed by atoms with Gasteiger partial charge in [0.15, 0.2) is 5.78 Å². The van der Waals surface area contributed by atoms with Gasteiger partial charge in [-0.1, -0.05) is 42.5 Å². The Balaban J connectivity index is 1.61. The van der Waals surface area contributed by atoms with Gasteiger partial charge in [0, 0.05) is 29.1 Å². The number of ketones is 1. The molecule has 0 saturated carbocycles. The first-order valence-corrected chi connectivity index (χ1v) is 8.74. The fourth-order valence-corrected chi connectivity index (χ4v) is 3.01. The van der Waals surface area contributed by atoms with E-state index >= 15 is 0 Å². The molecule has 132 valence electrons. The Morgan fingerprint density at radius 1 is 0.889 bits per heavy atom. The smallest absolute Gasteiger partial charge is 0.193 e. The molecule has 4 heteroatoms. The summed E-state index contributed by atoms with van der Waals surface area (Å²) in [4.78, 5) is 21.6. The second kappa shape index (κ2) is 7.38. The average Bonchev–Trinajstić information content (AvgIpc) is 2.73. The molecule has 0 saturated heterocycles. The first kappa shape index (κ1) is 16.9. The minimum Gasteiger partial charge on any atom is -0.489 e. The summed E-state index contributed by atoms with van der Waals surface area (Å²) in [6.07, 6.45) is 3.27. The SMILES string of the molecule is Cc1c(OCc2ccccc2)cccc1C(=O)c1ccc2nccnc2c1. The van der Waals surface area contributed by atoms with E-state index in [1.807, 2.05) is 61.5 Å². The molecule has 4 rings (SSSR count). The summed E-state index contributed by atoms with van der Waals surface area (Å²) in [6.45, 7) is 2.37. The van der Waals surface area contributed by atoms with Crippen LogP contribution in [0.4, 0.5) is 0 Å². The molecule has 0 unspecified atom stereocenters. The maximum absolute atomic E-state index is 13.0. The summed E-state index contributed by atoms with van der Waals surface area (Å²) in [5.74, 6) is 0.662. The number of hydrogen-bond acceptors (Lipinski definition) is 4. The summed E-state index contributed by atoms with van der Waals surface area (Å²) in [7, 11) is 0. The van der Waals surface area contributed by atoms with Gasteiger partial charge in [-0.25, -0.2) is 0 Å². The highest BCUT2D eigenvalue weighted by molar-refractivity contribution is 6.11. The Hall–Kier alpha value is -3.53. The lowest BCUT2D eigenvalue weighted by molar-refractivity contribution is 0.103. The van der Waals surface area contributed by atoms with E-state index in [9.17, 15) is 4.79 Å². The zero-order chi connectivity index (χ0) is 18.6. The molecule has 0 fully saturated rings. The van der Waals surface area contributed by atoms with Gasteiger partial charge in [-0.05, 0) is 36.8 Å². The topological polar surface area (TPSA) is 52.1 Å². The van der Waals surface area contributed by atoms with E-state index in [2.05, 4.69) is 9.97 Å². The standard InChI is InChI=1S/C23H18N2O2/c1-16-19(8-5-9-22(16)27-15-17-6-3-2-4-7-17)23(26)18-10-11-20-21(14-18)25-13-12-24-20/h2-14H,15H2,1H3. The minimum absolute atomic E-state index is 0.0507. The van der Waals surface area contributed by atoms with Gasteiger partial charge in [0.1, 0.15) is 12.4 Å². The van der Waals surface area contributed by atoms with Crippen molar-refractivity contribution in [3.05, 3.63) is 101 Å². The third-order valence-electron chi connectivity index (χ3n) is 4.50. The number of ether oxygens (including phenoxy) is 1. The minimum atomic E-state index is -0.0507. The molecule has 0 amide bonds. The molecule has 0 atom stereocenters. The lowest BCUT2D eigenvalue weighted by Crippen LogP contribution is -2.06. The molecule has 0 N–H and O–H groups in total. The molecular formula is C23H18N2O2. The van der Waals surface area contributed by atoms with Gasteiger partial charge in [0.05, 0.1) is 11.0 Å². The van der Waals surface area contributed by atoms with Crippen molar-refractivity contribution < 1.29 is 9.53 Å². The number of carbonyl (C=O) groups excluding carboxylic acids is 1. The number of benzene rings is 3. The van der Waals surface area contributed by atoms with Crippen LogP contribution in [-0.4, -0.2) is 15.8 Å². The van der Waals surface area contributed by atoms with Crippen molar-refractivity contribution in [2.75, 3.05) is 0 Å². The average molecular weight is 354 g/mol. The first-order chi connectivity index (χ1) is 13.2. The molecule has 0 aliphatic carbocycles. The van der Waals surface area contributed by atoms with Gasteiger partial charge in [-0.15, -0.1) is 0 Å². The van der Waals surface area contributed by atoms with Crippen LogP contribution in [0, 0.1) is 6.92 Å². The fraction of sp³-hybridized carbons (Fsp3) is 0.0870. The number of aromatic nitrogens is 2. The van der Waals surface area contributed by atoms with Crippen molar-refractivity contribution in [1.29, 1.82) is 0 Å². The third-order valence-corrected chi connectivity index (χ3v) is 4.50. The number of hydrogen-bond donors (Lipinski definition) is 0. The molecule has 0 bridgehead atoms. The van der Waals surface area contributed by atoms with Crippen LogP contribution in [0.5, 0.6) is 5.75 Å². The van der Waals surface area contributed by atoms with E-state index in [1.165, 1.54) is 0 Å². The summed E-state index contributed by atoms with van der Waals surface area (Å²) in [6, 6.07) is 20.9. The predicted octanol–water partition coefficient (Wildman–Crippen LogP) is 4.75. The lowest BCUT2D eigenvalue weighted by atomic mass is 9.98. The van der Waals surface area contributed by atoms with Gasteiger partial charge < -0.3 is 4.74 Å². The summed E-state index contributed by atoms with van der Waals surface area (Å²) >= 11 is 0. The second-order valence-corrected chi connectivity index (χ2v) is 6.29. The summed E-state index contributed by atoms with van der Waals surface area (Å²) in [5.41, 5.74) is 4.61. The normalized spacial score (nSPS) is 10.7. The van der Waals surface area contributed by atoms with Gasteiger partial charge in [-0.2, -0.15) is 0 Å². The van der Waals surface area contributed by atoms with E-state index in [-0.39, 0.29) is 5.78 Å². The molecule has 4 aromatic rings. The summed E-state index contributed by atoms with van der Waals surface area (Å²) in [5, 5.41) is 0. The maximum atomic E-state index is 13.0. The summed E-state index contributed by atoms with van der Waals surface area (Å²) < 4.78 is 5.95. The molecule has 4 nitrogen and oxygen atoms in total. The number of fused-ring (bicyclic) bond motifs is 1. The Morgan fingerprint density at radius 2 is 1.67 bits per heavy atom. The molecule has 1 aromatic heterocycles. The molecule has 27 heavy (non-hydrogen) atoms. The Kier molecular flexibility index (Phi) is 4.62. The van der Waals surface area contributed by atoms with Crippen LogP contribution in [0.3, 0.4) is 0 Å². The number of nitrogens with zero attached hydrogens (tertiary/aromatic N) is 2. The fourth-order valence-electron chi connectivity index (χ4n) is 3.01. The van der Waals surface area contributed by atoms with Gasteiger partial charge in [-0.3, -0.25) is 14.8 Å².